The van der Waals surface area contributed by atoms with Crippen LogP contribution in [0.2, 0.25) is 0 Å². The predicted octanol–water partition coefficient (Wildman–Crippen LogP) is 32.3. The quantitative estimate of drug-likeness (QED) is 0.131. The molecule has 0 saturated heterocycles. The highest BCUT2D eigenvalue weighted by molar-refractivity contribution is 9.10. The summed E-state index contributed by atoms with van der Waals surface area (Å²) in [7, 11) is 0. The third kappa shape index (κ3) is 13.7. The highest BCUT2D eigenvalue weighted by atomic mass is 79.9. The molecule has 0 aliphatic rings. The highest BCUT2D eigenvalue weighted by Crippen LogP contribution is 2.51. The van der Waals surface area contributed by atoms with Gasteiger partial charge in [-0.3, -0.25) is 0 Å². The molecule has 0 aliphatic heterocycles. The number of fused-ring (bicyclic) bond motifs is 10. The Bertz CT molecular complexity index is 7760. The zero-order chi connectivity index (χ0) is 79.7. The average Bonchev–Trinajstić information content (AvgIpc) is 0.724. The first kappa shape index (κ1) is 72.5. The number of nitrogens with zero attached hydrogens (tertiary/aromatic N) is 3. The SMILES string of the molecule is Brc1ccc(-c2ccc3c(-c4cccc5ccccc45)c4ccccc4c(-c4cccc5ccccc45)c3c2)cc1.N#Cc1ccc(N(c2ccc(-c3ccc4c(-c5cccc6ccccc56)c5ccccc5c(-c5cccc6ccccc56)c4c3)cc2)c2cccc3ccccc23)cc1.N#Cc1ccc(Nc2cccc3ccccc23)cc1. The number of anilines is 5. The van der Waals surface area contributed by atoms with Gasteiger partial charge in [0.2, 0.25) is 0 Å². The topological polar surface area (TPSA) is 62.9 Å². The molecule has 0 fully saturated rings. The largest absolute Gasteiger partial charge is 0.355 e. The van der Waals surface area contributed by atoms with Crippen LogP contribution in [-0.2, 0) is 0 Å². The number of benzene rings is 22. The number of hydrogen-bond acceptors (Lipinski definition) is 4. The lowest BCUT2D eigenvalue weighted by molar-refractivity contribution is 1.29. The van der Waals surface area contributed by atoms with Gasteiger partial charge in [-0.2, -0.15) is 10.5 Å². The molecule has 0 radical (unpaired) electrons. The Morgan fingerprint density at radius 2 is 0.496 bits per heavy atom. The maximum absolute atomic E-state index is 9.58. The van der Waals surface area contributed by atoms with E-state index in [1.54, 1.807) is 0 Å². The zero-order valence-electron chi connectivity index (χ0n) is 64.8. The summed E-state index contributed by atoms with van der Waals surface area (Å²) in [5.41, 5.74) is 21.3. The van der Waals surface area contributed by atoms with Crippen LogP contribution in [0.3, 0.4) is 0 Å². The van der Waals surface area contributed by atoms with E-state index in [0.717, 1.165) is 49.4 Å². The molecule has 4 nitrogen and oxygen atoms in total. The summed E-state index contributed by atoms with van der Waals surface area (Å²) >= 11 is 3.61. The maximum atomic E-state index is 9.58. The molecular weight excluding hydrogens is 1510 g/mol. The van der Waals surface area contributed by atoms with E-state index in [1.165, 1.54) is 158 Å². The van der Waals surface area contributed by atoms with Crippen molar-refractivity contribution >= 4 is 152 Å². The second kappa shape index (κ2) is 31.7. The first-order chi connectivity index (χ1) is 58.9. The predicted molar refractivity (Wildman–Crippen MR) is 509 cm³/mol. The van der Waals surface area contributed by atoms with E-state index >= 15 is 0 Å². The molecule has 22 aromatic carbocycles. The summed E-state index contributed by atoms with van der Waals surface area (Å²) in [6.45, 7) is 0. The molecule has 0 heterocycles. The second-order valence-corrected chi connectivity index (χ2v) is 31.0. The Labute approximate surface area is 699 Å². The summed E-state index contributed by atoms with van der Waals surface area (Å²) in [4.78, 5) is 2.29. The number of nitriles is 2. The first-order valence-electron chi connectivity index (χ1n) is 40.2. The van der Waals surface area contributed by atoms with Crippen molar-refractivity contribution in [3.05, 3.63) is 452 Å². The van der Waals surface area contributed by atoms with Crippen LogP contribution < -0.4 is 10.2 Å². The molecule has 22 aromatic rings. The van der Waals surface area contributed by atoms with Gasteiger partial charge in [-0.15, -0.1) is 0 Å². The van der Waals surface area contributed by atoms with Crippen LogP contribution in [0, 0.1) is 22.7 Å². The molecule has 0 atom stereocenters. The third-order valence-electron chi connectivity index (χ3n) is 23.3. The smallest absolute Gasteiger partial charge is 0.0991 e. The fourth-order valence-electron chi connectivity index (χ4n) is 17.7. The van der Waals surface area contributed by atoms with E-state index in [9.17, 15) is 5.26 Å². The summed E-state index contributed by atoms with van der Waals surface area (Å²) in [6, 6.07) is 160. The molecule has 1 N–H and O–H groups in total. The van der Waals surface area contributed by atoms with Crippen LogP contribution in [0.4, 0.5) is 28.4 Å². The molecule has 0 aliphatic carbocycles. The molecule has 0 unspecified atom stereocenters. The summed E-state index contributed by atoms with van der Waals surface area (Å²) in [5.74, 6) is 0. The molecular formula is C114H73BrN4. The van der Waals surface area contributed by atoms with Crippen molar-refractivity contribution in [2.75, 3.05) is 10.2 Å². The van der Waals surface area contributed by atoms with Crippen molar-refractivity contribution in [2.45, 2.75) is 0 Å². The van der Waals surface area contributed by atoms with Crippen molar-refractivity contribution < 1.29 is 0 Å². The molecule has 0 aromatic heterocycles. The number of rotatable bonds is 11. The standard InChI is InChI=1S/C57H36N2.C40H25Br.C17H12N2/c58-37-38-26-31-44(32-27-38)59(55-25-11-17-42-14-3-6-20-48(42)55)45-33-28-39(29-34-45)43-30-35-53-54(36-43)57(50-24-10-16-41-13-2-5-19-47(41)50)52-22-8-7-21-51(52)56(53)49-23-9-15-40-12-1-4-18-46(40)49;41-30-22-19-26(20-23-30)29-21-24-37-38(25-29)40(34-18-8-12-28-10-2-4-14-32(28)34)36-16-6-5-15-35(36)39(37)33-17-7-11-27-9-1-3-13-31(27)33;18-12-13-8-10-15(11-9-13)19-17-7-3-5-14-4-1-2-6-16(14)17/h1-36H;1-25H;1-11,19H. The number of nitrogens with one attached hydrogen (secondary N) is 1. The fraction of sp³-hybridized carbons (Fsp3) is 0. The van der Waals surface area contributed by atoms with Gasteiger partial charge in [-0.25, -0.2) is 0 Å². The van der Waals surface area contributed by atoms with Gasteiger partial charge in [-0.1, -0.05) is 356 Å². The van der Waals surface area contributed by atoms with Gasteiger partial charge in [0.15, 0.2) is 0 Å². The van der Waals surface area contributed by atoms with Crippen LogP contribution in [0.25, 0.3) is 174 Å². The van der Waals surface area contributed by atoms with Gasteiger partial charge >= 0.3 is 0 Å². The minimum atomic E-state index is 0.637. The van der Waals surface area contributed by atoms with Gasteiger partial charge in [-0.05, 0) is 261 Å². The van der Waals surface area contributed by atoms with Crippen LogP contribution in [0.1, 0.15) is 11.1 Å². The van der Waals surface area contributed by atoms with Crippen molar-refractivity contribution in [1.29, 1.82) is 10.5 Å². The molecule has 0 saturated carbocycles. The fourth-order valence-corrected chi connectivity index (χ4v) is 18.0. The van der Waals surface area contributed by atoms with E-state index in [-0.39, 0.29) is 0 Å². The second-order valence-electron chi connectivity index (χ2n) is 30.1. The van der Waals surface area contributed by atoms with E-state index in [4.69, 9.17) is 5.26 Å². The van der Waals surface area contributed by atoms with Crippen LogP contribution in [0.5, 0.6) is 0 Å². The number of halogens is 1. The van der Waals surface area contributed by atoms with Gasteiger partial charge in [0.1, 0.15) is 0 Å². The van der Waals surface area contributed by atoms with Crippen LogP contribution in [0.15, 0.2) is 441 Å². The van der Waals surface area contributed by atoms with Crippen LogP contribution in [-0.4, -0.2) is 0 Å². The van der Waals surface area contributed by atoms with Crippen molar-refractivity contribution in [1.82, 2.24) is 0 Å². The average molecular weight is 1580 g/mol. The van der Waals surface area contributed by atoms with Crippen molar-refractivity contribution in [3.8, 4) is 78.9 Å². The molecule has 556 valence electrons. The summed E-state index contributed by atoms with van der Waals surface area (Å²) in [6.07, 6.45) is 0. The third-order valence-corrected chi connectivity index (χ3v) is 23.8. The Morgan fingerprint density at radius 3 is 0.891 bits per heavy atom. The minimum absolute atomic E-state index is 0.637. The lowest BCUT2D eigenvalue weighted by Gasteiger charge is -2.27. The molecule has 0 amide bonds. The highest BCUT2D eigenvalue weighted by Gasteiger charge is 2.24. The Morgan fingerprint density at radius 1 is 0.218 bits per heavy atom. The Balaban J connectivity index is 0.000000130. The summed E-state index contributed by atoms with van der Waals surface area (Å²) in [5, 5.41) is 46.5. The maximum Gasteiger partial charge on any atom is 0.0991 e. The lowest BCUT2D eigenvalue weighted by Crippen LogP contribution is -2.10. The van der Waals surface area contributed by atoms with Gasteiger partial charge in [0.25, 0.3) is 0 Å². The zero-order valence-corrected chi connectivity index (χ0v) is 66.4. The molecule has 0 spiro atoms. The molecule has 5 heteroatoms. The monoisotopic (exact) mass is 1580 g/mol. The Hall–Kier alpha value is -15.5. The number of hydrogen-bond donors (Lipinski definition) is 1. The molecule has 119 heavy (non-hydrogen) atoms. The molecule has 22 rings (SSSR count). The van der Waals surface area contributed by atoms with E-state index < -0.39 is 0 Å². The Kier molecular flexibility index (Phi) is 19.3. The van der Waals surface area contributed by atoms with Gasteiger partial charge < -0.3 is 10.2 Å². The normalized spacial score (nSPS) is 11.2. The van der Waals surface area contributed by atoms with E-state index in [0.29, 0.717) is 11.1 Å². The van der Waals surface area contributed by atoms with Crippen LogP contribution >= 0.6 is 15.9 Å². The van der Waals surface area contributed by atoms with Crippen molar-refractivity contribution in [3.63, 3.8) is 0 Å². The first-order valence-corrected chi connectivity index (χ1v) is 40.9. The van der Waals surface area contributed by atoms with Gasteiger partial charge in [0.05, 0.1) is 29.0 Å². The minimum Gasteiger partial charge on any atom is -0.355 e. The lowest BCUT2D eigenvalue weighted by atomic mass is 9.83. The van der Waals surface area contributed by atoms with Crippen molar-refractivity contribution in [2.24, 2.45) is 0 Å². The molecule has 0 bridgehead atoms. The van der Waals surface area contributed by atoms with Gasteiger partial charge in [0, 0.05) is 38.0 Å². The van der Waals surface area contributed by atoms with E-state index in [1.807, 2.05) is 66.7 Å². The summed E-state index contributed by atoms with van der Waals surface area (Å²) < 4.78 is 1.09. The van der Waals surface area contributed by atoms with E-state index in [2.05, 4.69) is 408 Å².